The van der Waals surface area contributed by atoms with Crippen molar-refractivity contribution in [1.29, 1.82) is 0 Å². The van der Waals surface area contributed by atoms with Crippen molar-refractivity contribution in [3.8, 4) is 0 Å². The van der Waals surface area contributed by atoms with Crippen LogP contribution in [0.25, 0.3) is 0 Å². The number of carboxylic acid groups (broad SMARTS) is 1. The Balaban J connectivity index is 4.13. The summed E-state index contributed by atoms with van der Waals surface area (Å²) in [6.07, 6.45) is -1.46. The van der Waals surface area contributed by atoms with Crippen molar-refractivity contribution >= 4 is 11.9 Å². The normalized spacial score (nSPS) is 11.0. The Hall–Kier alpha value is -1.20. The quantitative estimate of drug-likeness (QED) is 0.577. The number of hydrogen-bond donors (Lipinski definition) is 2. The van der Waals surface area contributed by atoms with E-state index in [1.807, 2.05) is 0 Å². The van der Waals surface area contributed by atoms with Gasteiger partial charge in [0.2, 0.25) is 5.91 Å². The summed E-state index contributed by atoms with van der Waals surface area (Å²) in [5.41, 5.74) is 4.33. The summed E-state index contributed by atoms with van der Waals surface area (Å²) in [5.74, 6) is -7.72. The van der Waals surface area contributed by atoms with Gasteiger partial charge in [0.1, 0.15) is 6.42 Å². The second-order valence-electron chi connectivity index (χ2n) is 1.65. The summed E-state index contributed by atoms with van der Waals surface area (Å²) in [7, 11) is 0. The van der Waals surface area contributed by atoms with Gasteiger partial charge < -0.3 is 10.8 Å². The Morgan fingerprint density at radius 1 is 1.50 bits per heavy atom. The molecule has 0 aromatic heterocycles. The van der Waals surface area contributed by atoms with Gasteiger partial charge in [0.05, 0.1) is 0 Å². The molecule has 0 bridgehead atoms. The molecule has 0 spiro atoms. The van der Waals surface area contributed by atoms with Crippen LogP contribution >= 0.6 is 0 Å². The molecule has 0 saturated heterocycles. The van der Waals surface area contributed by atoms with Crippen LogP contribution in [0.4, 0.5) is 8.78 Å². The van der Waals surface area contributed by atoms with Crippen molar-refractivity contribution < 1.29 is 23.5 Å². The highest BCUT2D eigenvalue weighted by Crippen LogP contribution is 2.17. The van der Waals surface area contributed by atoms with Crippen LogP contribution in [0.3, 0.4) is 0 Å². The second-order valence-corrected chi connectivity index (χ2v) is 1.65. The average Bonchev–Trinajstić information content (AvgIpc) is 1.60. The maximum atomic E-state index is 11.9. The molecule has 0 unspecified atom stereocenters. The van der Waals surface area contributed by atoms with Gasteiger partial charge in [-0.2, -0.15) is 8.78 Å². The molecule has 0 aliphatic rings. The Labute approximate surface area is 54.6 Å². The number of nitrogens with two attached hydrogens (primary N) is 1. The molecule has 0 radical (unpaired) electrons. The van der Waals surface area contributed by atoms with E-state index >= 15 is 0 Å². The van der Waals surface area contributed by atoms with Crippen molar-refractivity contribution in [1.82, 2.24) is 0 Å². The van der Waals surface area contributed by atoms with E-state index in [1.165, 1.54) is 0 Å². The number of primary amides is 1. The van der Waals surface area contributed by atoms with E-state index in [2.05, 4.69) is 5.73 Å². The van der Waals surface area contributed by atoms with E-state index < -0.39 is 24.2 Å². The fourth-order valence-corrected chi connectivity index (χ4v) is 0.294. The molecule has 3 N–H and O–H groups in total. The third-order valence-electron chi connectivity index (χ3n) is 0.709. The van der Waals surface area contributed by atoms with E-state index in [4.69, 9.17) is 5.11 Å². The lowest BCUT2D eigenvalue weighted by Gasteiger charge is -2.06. The molecule has 4 nitrogen and oxygen atoms in total. The molecular weight excluding hydrogens is 148 g/mol. The molecule has 0 aromatic carbocycles. The first-order valence-electron chi connectivity index (χ1n) is 2.26. The van der Waals surface area contributed by atoms with Gasteiger partial charge in [0.25, 0.3) is 0 Å². The summed E-state index contributed by atoms with van der Waals surface area (Å²) in [6.45, 7) is 0. The first kappa shape index (κ1) is 8.80. The molecule has 0 heterocycles. The van der Waals surface area contributed by atoms with Crippen LogP contribution in [-0.4, -0.2) is 22.9 Å². The van der Waals surface area contributed by atoms with Gasteiger partial charge in [-0.05, 0) is 0 Å². The standard InChI is InChI=1S/C4H5F2NO3/c5-4(6,3(9)10)1-2(7)8/h1H2,(H2,7,8)(H,9,10). The zero-order valence-corrected chi connectivity index (χ0v) is 4.80. The summed E-state index contributed by atoms with van der Waals surface area (Å²) >= 11 is 0. The lowest BCUT2D eigenvalue weighted by Crippen LogP contribution is -2.33. The molecule has 10 heavy (non-hydrogen) atoms. The highest BCUT2D eigenvalue weighted by atomic mass is 19.3. The summed E-state index contributed by atoms with van der Waals surface area (Å²) in [5, 5.41) is 7.73. The summed E-state index contributed by atoms with van der Waals surface area (Å²) in [6, 6.07) is 0. The Bertz CT molecular complexity index is 168. The molecule has 1 amide bonds. The number of halogens is 2. The van der Waals surface area contributed by atoms with Gasteiger partial charge in [0, 0.05) is 0 Å². The average molecular weight is 153 g/mol. The number of aliphatic carboxylic acids is 1. The smallest absolute Gasteiger partial charge is 0.375 e. The van der Waals surface area contributed by atoms with Gasteiger partial charge in [-0.15, -0.1) is 0 Å². The molecule has 0 aromatic rings. The van der Waals surface area contributed by atoms with Crippen LogP contribution in [0, 0.1) is 0 Å². The molecule has 6 heteroatoms. The van der Waals surface area contributed by atoms with Crippen LogP contribution in [0.2, 0.25) is 0 Å². The van der Waals surface area contributed by atoms with E-state index in [0.717, 1.165) is 0 Å². The van der Waals surface area contributed by atoms with Gasteiger partial charge in [-0.1, -0.05) is 0 Å². The minimum absolute atomic E-state index is 1.34. The van der Waals surface area contributed by atoms with Gasteiger partial charge in [-0.25, -0.2) is 4.79 Å². The fraction of sp³-hybridized carbons (Fsp3) is 0.500. The van der Waals surface area contributed by atoms with E-state index in [0.29, 0.717) is 0 Å². The largest absolute Gasteiger partial charge is 0.477 e. The molecule has 0 aliphatic heterocycles. The molecule has 58 valence electrons. The zero-order valence-electron chi connectivity index (χ0n) is 4.80. The number of amides is 1. The highest BCUT2D eigenvalue weighted by Gasteiger charge is 2.40. The number of carbonyl (C=O) groups excluding carboxylic acids is 1. The predicted molar refractivity (Wildman–Crippen MR) is 26.4 cm³/mol. The number of rotatable bonds is 3. The number of hydrogen-bond acceptors (Lipinski definition) is 2. The Kier molecular flexibility index (Phi) is 2.28. The van der Waals surface area contributed by atoms with Crippen LogP contribution < -0.4 is 5.73 Å². The van der Waals surface area contributed by atoms with E-state index in [1.54, 1.807) is 0 Å². The number of carboxylic acids is 1. The molecule has 0 atom stereocenters. The zero-order chi connectivity index (χ0) is 8.36. The van der Waals surface area contributed by atoms with Crippen molar-refractivity contribution in [2.75, 3.05) is 0 Å². The summed E-state index contributed by atoms with van der Waals surface area (Å²) < 4.78 is 23.8. The van der Waals surface area contributed by atoms with Gasteiger partial charge in [-0.3, -0.25) is 4.79 Å². The number of alkyl halides is 2. The fourth-order valence-electron chi connectivity index (χ4n) is 0.294. The minimum Gasteiger partial charge on any atom is -0.477 e. The Morgan fingerprint density at radius 2 is 1.90 bits per heavy atom. The van der Waals surface area contributed by atoms with Crippen LogP contribution in [0.15, 0.2) is 0 Å². The van der Waals surface area contributed by atoms with Crippen LogP contribution in [-0.2, 0) is 9.59 Å². The highest BCUT2D eigenvalue weighted by molar-refractivity contribution is 5.84. The maximum absolute atomic E-state index is 11.9. The lowest BCUT2D eigenvalue weighted by molar-refractivity contribution is -0.167. The van der Waals surface area contributed by atoms with Gasteiger partial charge >= 0.3 is 11.9 Å². The minimum atomic E-state index is -4.04. The van der Waals surface area contributed by atoms with E-state index in [9.17, 15) is 18.4 Å². The number of carbonyl (C=O) groups is 2. The molecule has 0 fully saturated rings. The van der Waals surface area contributed by atoms with Crippen LogP contribution in [0.1, 0.15) is 6.42 Å². The second kappa shape index (κ2) is 2.59. The SMILES string of the molecule is NC(=O)CC(F)(F)C(=O)O. The third-order valence-corrected chi connectivity index (χ3v) is 0.709. The summed E-state index contributed by atoms with van der Waals surface area (Å²) in [4.78, 5) is 19.4. The predicted octanol–water partition coefficient (Wildman–Crippen LogP) is -0.418. The molecular formula is C4H5F2NO3. The van der Waals surface area contributed by atoms with Crippen LogP contribution in [0.5, 0.6) is 0 Å². The molecule has 0 saturated carbocycles. The van der Waals surface area contributed by atoms with Gasteiger partial charge in [0.15, 0.2) is 0 Å². The first-order chi connectivity index (χ1) is 4.36. The van der Waals surface area contributed by atoms with Crippen molar-refractivity contribution in [2.24, 2.45) is 5.73 Å². The topological polar surface area (TPSA) is 80.4 Å². The first-order valence-corrected chi connectivity index (χ1v) is 2.26. The Morgan fingerprint density at radius 3 is 2.00 bits per heavy atom. The third kappa shape index (κ3) is 2.38. The van der Waals surface area contributed by atoms with E-state index in [-0.39, 0.29) is 0 Å². The lowest BCUT2D eigenvalue weighted by atomic mass is 10.2. The van der Waals surface area contributed by atoms with Crippen molar-refractivity contribution in [2.45, 2.75) is 12.3 Å². The van der Waals surface area contributed by atoms with Crippen molar-refractivity contribution in [3.63, 3.8) is 0 Å². The molecule has 0 aliphatic carbocycles. The maximum Gasteiger partial charge on any atom is 0.375 e. The monoisotopic (exact) mass is 153 g/mol. The molecule has 0 rings (SSSR count). The van der Waals surface area contributed by atoms with Crippen molar-refractivity contribution in [3.05, 3.63) is 0 Å².